The van der Waals surface area contributed by atoms with E-state index in [1.165, 1.54) is 10.9 Å². The first kappa shape index (κ1) is 14.1. The lowest BCUT2D eigenvalue weighted by Crippen LogP contribution is -2.00. The van der Waals surface area contributed by atoms with Gasteiger partial charge in [-0.1, -0.05) is 23.7 Å². The number of benzene rings is 1. The maximum atomic E-state index is 10.0. The molecule has 0 amide bonds. The van der Waals surface area contributed by atoms with Gasteiger partial charge in [0.1, 0.15) is 0 Å². The molecule has 6 heteroatoms. The highest BCUT2D eigenvalue weighted by Crippen LogP contribution is 2.20. The van der Waals surface area contributed by atoms with Crippen molar-refractivity contribution in [3.05, 3.63) is 70.5 Å². The van der Waals surface area contributed by atoms with E-state index in [1.807, 2.05) is 24.3 Å². The Morgan fingerprint density at radius 2 is 2.09 bits per heavy atom. The third kappa shape index (κ3) is 2.92. The molecule has 2 heterocycles. The summed E-state index contributed by atoms with van der Waals surface area (Å²) in [5.41, 5.74) is 2.14. The van der Waals surface area contributed by atoms with Crippen molar-refractivity contribution in [2.24, 2.45) is 0 Å². The van der Waals surface area contributed by atoms with Gasteiger partial charge in [-0.15, -0.1) is 0 Å². The van der Waals surface area contributed by atoms with Gasteiger partial charge < -0.3 is 5.11 Å². The minimum atomic E-state index is -0.0281. The summed E-state index contributed by atoms with van der Waals surface area (Å²) in [5.74, 6) is 0.369. The Morgan fingerprint density at radius 1 is 1.23 bits per heavy atom. The van der Waals surface area contributed by atoms with E-state index < -0.39 is 0 Å². The highest BCUT2D eigenvalue weighted by Gasteiger charge is 2.11. The van der Waals surface area contributed by atoms with Crippen LogP contribution < -0.4 is 0 Å². The van der Waals surface area contributed by atoms with E-state index in [2.05, 4.69) is 10.1 Å². The zero-order valence-corrected chi connectivity index (χ0v) is 12.2. The summed E-state index contributed by atoms with van der Waals surface area (Å²) < 4.78 is 1.31. The lowest BCUT2D eigenvalue weighted by atomic mass is 10.1. The number of aromatic nitrogens is 3. The largest absolute Gasteiger partial charge is 0.493 e. The molecule has 1 aromatic carbocycles. The summed E-state index contributed by atoms with van der Waals surface area (Å²) in [7, 11) is 0. The van der Waals surface area contributed by atoms with Gasteiger partial charge in [0.2, 0.25) is 5.88 Å². The monoisotopic (exact) mass is 310 g/mol. The Kier molecular flexibility index (Phi) is 3.77. The zero-order chi connectivity index (χ0) is 15.5. The lowest BCUT2D eigenvalue weighted by molar-refractivity contribution is 0.432. The van der Waals surface area contributed by atoms with Crippen LogP contribution in [0.3, 0.4) is 0 Å². The Balaban J connectivity index is 1.92. The minimum Gasteiger partial charge on any atom is -0.493 e. The molecule has 0 atom stereocenters. The Hall–Kier alpha value is -2.84. The van der Waals surface area contributed by atoms with Gasteiger partial charge in [-0.25, -0.2) is 4.98 Å². The predicted octanol–water partition coefficient (Wildman–Crippen LogP) is 3.09. The summed E-state index contributed by atoms with van der Waals surface area (Å²) in [6, 6.07) is 14.2. The van der Waals surface area contributed by atoms with E-state index in [-0.39, 0.29) is 5.88 Å². The first-order valence-corrected chi connectivity index (χ1v) is 6.92. The zero-order valence-electron chi connectivity index (χ0n) is 11.4. The van der Waals surface area contributed by atoms with Crippen molar-refractivity contribution in [1.29, 1.82) is 5.26 Å². The van der Waals surface area contributed by atoms with Crippen molar-refractivity contribution >= 4 is 11.6 Å². The standard InChI is InChI=1S/C16H11ClN4O/c17-13-3-1-2-11(6-13)7-14-9-16(22)21(20-14)15-8-12(10-18)4-5-19-15/h1-6,8-9,22H,7H2. The Morgan fingerprint density at radius 3 is 2.86 bits per heavy atom. The molecule has 0 saturated carbocycles. The lowest BCUT2D eigenvalue weighted by Gasteiger charge is -2.02. The maximum absolute atomic E-state index is 10.0. The number of pyridine rings is 1. The van der Waals surface area contributed by atoms with E-state index in [4.69, 9.17) is 16.9 Å². The van der Waals surface area contributed by atoms with Gasteiger partial charge in [-0.2, -0.15) is 15.0 Å². The summed E-state index contributed by atoms with van der Waals surface area (Å²) >= 11 is 5.96. The molecule has 0 saturated heterocycles. The highest BCUT2D eigenvalue weighted by atomic mass is 35.5. The first-order chi connectivity index (χ1) is 10.7. The summed E-state index contributed by atoms with van der Waals surface area (Å²) in [5, 5.41) is 23.9. The van der Waals surface area contributed by atoms with Gasteiger partial charge >= 0.3 is 0 Å². The number of aromatic hydroxyl groups is 1. The smallest absolute Gasteiger partial charge is 0.215 e. The van der Waals surface area contributed by atoms with Crippen molar-refractivity contribution in [3.8, 4) is 17.8 Å². The van der Waals surface area contributed by atoms with E-state index in [9.17, 15) is 5.11 Å². The number of nitrogens with zero attached hydrogens (tertiary/aromatic N) is 4. The topological polar surface area (TPSA) is 74.7 Å². The predicted molar refractivity (Wildman–Crippen MR) is 82.0 cm³/mol. The third-order valence-electron chi connectivity index (χ3n) is 3.11. The van der Waals surface area contributed by atoms with Gasteiger partial charge in [-0.3, -0.25) is 0 Å². The van der Waals surface area contributed by atoms with Gasteiger partial charge in [-0.05, 0) is 23.8 Å². The minimum absolute atomic E-state index is 0.0281. The van der Waals surface area contributed by atoms with Crippen LogP contribution in [-0.4, -0.2) is 19.9 Å². The van der Waals surface area contributed by atoms with Crippen LogP contribution in [-0.2, 0) is 6.42 Å². The van der Waals surface area contributed by atoms with Crippen molar-refractivity contribution in [2.45, 2.75) is 6.42 Å². The fourth-order valence-corrected chi connectivity index (χ4v) is 2.35. The van der Waals surface area contributed by atoms with Crippen LogP contribution in [0.5, 0.6) is 5.88 Å². The molecular formula is C16H11ClN4O. The van der Waals surface area contributed by atoms with Crippen molar-refractivity contribution in [1.82, 2.24) is 14.8 Å². The number of rotatable bonds is 3. The average Bonchev–Trinajstić information content (AvgIpc) is 2.88. The molecule has 22 heavy (non-hydrogen) atoms. The second-order valence-electron chi connectivity index (χ2n) is 4.73. The average molecular weight is 311 g/mol. The van der Waals surface area contributed by atoms with Crippen LogP contribution in [0.25, 0.3) is 5.82 Å². The number of hydrogen-bond donors (Lipinski definition) is 1. The molecular weight excluding hydrogens is 300 g/mol. The molecule has 0 fully saturated rings. The number of halogens is 1. The molecule has 0 spiro atoms. The fraction of sp³-hybridized carbons (Fsp3) is 0.0625. The normalized spacial score (nSPS) is 10.4. The molecule has 0 aliphatic rings. The SMILES string of the molecule is N#Cc1ccnc(-n2nc(Cc3cccc(Cl)c3)cc2O)c1. The quantitative estimate of drug-likeness (QED) is 0.806. The third-order valence-corrected chi connectivity index (χ3v) is 3.34. The van der Waals surface area contributed by atoms with E-state index in [0.29, 0.717) is 28.5 Å². The molecule has 0 radical (unpaired) electrons. The molecule has 2 aromatic heterocycles. The van der Waals surface area contributed by atoms with Crippen LogP contribution in [0, 0.1) is 11.3 Å². The molecule has 3 aromatic rings. The number of nitriles is 1. The fourth-order valence-electron chi connectivity index (χ4n) is 2.13. The summed E-state index contributed by atoms with van der Waals surface area (Å²) in [6.07, 6.45) is 2.05. The Bertz CT molecular complexity index is 867. The van der Waals surface area contributed by atoms with Crippen molar-refractivity contribution in [3.63, 3.8) is 0 Å². The molecule has 3 rings (SSSR count). The second kappa shape index (κ2) is 5.88. The number of hydrogen-bond acceptors (Lipinski definition) is 4. The van der Waals surface area contributed by atoms with Crippen LogP contribution >= 0.6 is 11.6 Å². The Labute approximate surface area is 132 Å². The van der Waals surface area contributed by atoms with E-state index in [1.54, 1.807) is 24.3 Å². The van der Waals surface area contributed by atoms with Crippen LogP contribution in [0.4, 0.5) is 0 Å². The van der Waals surface area contributed by atoms with Crippen LogP contribution in [0.1, 0.15) is 16.8 Å². The summed E-state index contributed by atoms with van der Waals surface area (Å²) in [4.78, 5) is 4.12. The van der Waals surface area contributed by atoms with Crippen LogP contribution in [0.2, 0.25) is 5.02 Å². The molecule has 0 bridgehead atoms. The van der Waals surface area contributed by atoms with Crippen LogP contribution in [0.15, 0.2) is 48.7 Å². The molecule has 0 aliphatic carbocycles. The van der Waals surface area contributed by atoms with Crippen molar-refractivity contribution < 1.29 is 5.11 Å². The first-order valence-electron chi connectivity index (χ1n) is 6.54. The second-order valence-corrected chi connectivity index (χ2v) is 5.16. The van der Waals surface area contributed by atoms with Gasteiger partial charge in [0.15, 0.2) is 5.82 Å². The molecule has 1 N–H and O–H groups in total. The van der Waals surface area contributed by atoms with Gasteiger partial charge in [0, 0.05) is 29.8 Å². The van der Waals surface area contributed by atoms with Gasteiger partial charge in [0.05, 0.1) is 17.3 Å². The molecule has 108 valence electrons. The maximum Gasteiger partial charge on any atom is 0.215 e. The van der Waals surface area contributed by atoms with Gasteiger partial charge in [0.25, 0.3) is 0 Å². The van der Waals surface area contributed by atoms with E-state index >= 15 is 0 Å². The molecule has 0 unspecified atom stereocenters. The molecule has 5 nitrogen and oxygen atoms in total. The highest BCUT2D eigenvalue weighted by molar-refractivity contribution is 6.30. The van der Waals surface area contributed by atoms with Crippen molar-refractivity contribution in [2.75, 3.05) is 0 Å². The molecule has 0 aliphatic heterocycles. The van der Waals surface area contributed by atoms with E-state index in [0.717, 1.165) is 5.56 Å². The summed E-state index contributed by atoms with van der Waals surface area (Å²) in [6.45, 7) is 0.